The molecule has 10 rings (SSSR count). The van der Waals surface area contributed by atoms with E-state index in [9.17, 15) is 0 Å². The Morgan fingerprint density at radius 3 is 1.40 bits per heavy atom. The molecule has 8 aromatic carbocycles. The van der Waals surface area contributed by atoms with Crippen LogP contribution in [0.2, 0.25) is 0 Å². The van der Waals surface area contributed by atoms with Crippen LogP contribution in [-0.4, -0.2) is 6.71 Å². The van der Waals surface area contributed by atoms with Crippen molar-refractivity contribution >= 4 is 89.5 Å². The van der Waals surface area contributed by atoms with Crippen molar-refractivity contribution in [1.82, 2.24) is 0 Å². The second kappa shape index (κ2) is 9.35. The molecule has 0 bridgehead atoms. The van der Waals surface area contributed by atoms with E-state index < -0.39 is 0 Å². The highest BCUT2D eigenvalue weighted by atomic mass is 15.2. The SMILES string of the molecule is c1ccc2c(c1)B1c3cc4ccccc4cc3N(c3ccc4ccccc4c3)c3cccc(c31)N2c1ccc2ccccc2c1. The number of rotatable bonds is 2. The standard InChI is InChI=1S/C42H27BN2/c1-3-12-30-24-34(22-20-28(30)10-1)44-38-17-8-7-16-36(38)43-37-26-32-14-5-6-15-33(32)27-41(37)45(40-19-9-18-39(44)42(40)43)35-23-21-29-11-2-4-13-31(29)25-35/h1-27H. The van der Waals surface area contributed by atoms with E-state index in [0.717, 1.165) is 0 Å². The fraction of sp³-hybridized carbons (Fsp3) is 0. The molecule has 3 heteroatoms. The molecule has 2 aliphatic heterocycles. The number of fused-ring (bicyclic) bond motifs is 7. The lowest BCUT2D eigenvalue weighted by Crippen LogP contribution is -2.61. The summed E-state index contributed by atoms with van der Waals surface area (Å²) in [4.78, 5) is 4.97. The van der Waals surface area contributed by atoms with E-state index in [2.05, 4.69) is 174 Å². The van der Waals surface area contributed by atoms with Crippen molar-refractivity contribution in [1.29, 1.82) is 0 Å². The summed E-state index contributed by atoms with van der Waals surface area (Å²) in [5.41, 5.74) is 11.3. The number of hydrogen-bond donors (Lipinski definition) is 0. The molecule has 2 aliphatic rings. The van der Waals surface area contributed by atoms with Crippen molar-refractivity contribution in [2.75, 3.05) is 9.80 Å². The van der Waals surface area contributed by atoms with Gasteiger partial charge in [-0.15, -0.1) is 0 Å². The van der Waals surface area contributed by atoms with Crippen molar-refractivity contribution in [3.63, 3.8) is 0 Å². The van der Waals surface area contributed by atoms with Crippen LogP contribution in [0.1, 0.15) is 0 Å². The van der Waals surface area contributed by atoms with Gasteiger partial charge in [-0.3, -0.25) is 0 Å². The monoisotopic (exact) mass is 570 g/mol. The van der Waals surface area contributed by atoms with Gasteiger partial charge in [-0.05, 0) is 97.2 Å². The number of nitrogens with zero attached hydrogens (tertiary/aromatic N) is 2. The Bertz CT molecular complexity index is 2480. The number of hydrogen-bond acceptors (Lipinski definition) is 2. The molecule has 0 spiro atoms. The quantitative estimate of drug-likeness (QED) is 0.191. The van der Waals surface area contributed by atoms with Crippen LogP contribution in [0.5, 0.6) is 0 Å². The molecule has 0 fully saturated rings. The molecule has 0 amide bonds. The molecule has 8 aromatic rings. The molecule has 0 unspecified atom stereocenters. The van der Waals surface area contributed by atoms with E-state index in [-0.39, 0.29) is 6.71 Å². The second-order valence-corrected chi connectivity index (χ2v) is 12.2. The molecule has 45 heavy (non-hydrogen) atoms. The van der Waals surface area contributed by atoms with Crippen LogP contribution in [0, 0.1) is 0 Å². The van der Waals surface area contributed by atoms with Crippen LogP contribution in [0.3, 0.4) is 0 Å². The Labute approximate surface area is 262 Å². The third-order valence-electron chi connectivity index (χ3n) is 9.75. The zero-order valence-electron chi connectivity index (χ0n) is 24.6. The van der Waals surface area contributed by atoms with E-state index in [0.29, 0.717) is 0 Å². The summed E-state index contributed by atoms with van der Waals surface area (Å²) in [6.45, 7) is 0.111. The summed E-state index contributed by atoms with van der Waals surface area (Å²) >= 11 is 0. The molecule has 0 atom stereocenters. The van der Waals surface area contributed by atoms with E-state index in [4.69, 9.17) is 0 Å². The molecular weight excluding hydrogens is 543 g/mol. The highest BCUT2D eigenvalue weighted by Gasteiger charge is 2.43. The first-order valence-electron chi connectivity index (χ1n) is 15.6. The molecule has 0 saturated heterocycles. The molecule has 0 saturated carbocycles. The van der Waals surface area contributed by atoms with Gasteiger partial charge in [-0.25, -0.2) is 0 Å². The van der Waals surface area contributed by atoms with Gasteiger partial charge in [0.1, 0.15) is 0 Å². The van der Waals surface area contributed by atoms with Gasteiger partial charge in [-0.1, -0.05) is 115 Å². The van der Waals surface area contributed by atoms with Gasteiger partial charge in [0, 0.05) is 34.1 Å². The molecule has 2 heterocycles. The van der Waals surface area contributed by atoms with Crippen LogP contribution in [0.4, 0.5) is 34.1 Å². The van der Waals surface area contributed by atoms with Gasteiger partial charge in [-0.2, -0.15) is 0 Å². The predicted octanol–water partition coefficient (Wildman–Crippen LogP) is 9.23. The Morgan fingerprint density at radius 2 is 0.778 bits per heavy atom. The van der Waals surface area contributed by atoms with Crippen molar-refractivity contribution in [2.24, 2.45) is 0 Å². The normalized spacial score (nSPS) is 13.2. The highest BCUT2D eigenvalue weighted by molar-refractivity contribution is 7.00. The van der Waals surface area contributed by atoms with Crippen LogP contribution < -0.4 is 26.2 Å². The minimum absolute atomic E-state index is 0.111. The Hall–Kier alpha value is -5.80. The summed E-state index contributed by atoms with van der Waals surface area (Å²) in [7, 11) is 0. The molecular formula is C42H27BN2. The number of anilines is 6. The highest BCUT2D eigenvalue weighted by Crippen LogP contribution is 2.45. The second-order valence-electron chi connectivity index (χ2n) is 12.2. The molecule has 0 aromatic heterocycles. The van der Waals surface area contributed by atoms with Crippen LogP contribution >= 0.6 is 0 Å². The first kappa shape index (κ1) is 24.6. The zero-order valence-corrected chi connectivity index (χ0v) is 24.6. The van der Waals surface area contributed by atoms with Gasteiger partial charge in [0.25, 0.3) is 6.71 Å². The maximum absolute atomic E-state index is 2.50. The Balaban J connectivity index is 1.29. The van der Waals surface area contributed by atoms with Crippen molar-refractivity contribution < 1.29 is 0 Å². The maximum Gasteiger partial charge on any atom is 0.252 e. The smallest absolute Gasteiger partial charge is 0.252 e. The third-order valence-corrected chi connectivity index (χ3v) is 9.75. The predicted molar refractivity (Wildman–Crippen MR) is 193 cm³/mol. The van der Waals surface area contributed by atoms with Crippen molar-refractivity contribution in [3.8, 4) is 0 Å². The number of para-hydroxylation sites is 1. The van der Waals surface area contributed by atoms with Gasteiger partial charge in [0.15, 0.2) is 0 Å². The zero-order chi connectivity index (χ0) is 29.5. The van der Waals surface area contributed by atoms with Gasteiger partial charge in [0.05, 0.1) is 0 Å². The summed E-state index contributed by atoms with van der Waals surface area (Å²) in [6.07, 6.45) is 0. The van der Waals surface area contributed by atoms with E-state index in [1.54, 1.807) is 0 Å². The van der Waals surface area contributed by atoms with Crippen molar-refractivity contribution in [3.05, 3.63) is 164 Å². The minimum atomic E-state index is 0.111. The molecule has 0 radical (unpaired) electrons. The van der Waals surface area contributed by atoms with Gasteiger partial charge < -0.3 is 9.80 Å². The van der Waals surface area contributed by atoms with Crippen LogP contribution in [0.15, 0.2) is 164 Å². The molecule has 0 aliphatic carbocycles. The average Bonchev–Trinajstić information content (AvgIpc) is 3.10. The fourth-order valence-corrected chi connectivity index (χ4v) is 7.76. The molecule has 208 valence electrons. The third kappa shape index (κ3) is 3.58. The summed E-state index contributed by atoms with van der Waals surface area (Å²) < 4.78 is 0. The van der Waals surface area contributed by atoms with E-state index >= 15 is 0 Å². The van der Waals surface area contributed by atoms with Crippen molar-refractivity contribution in [2.45, 2.75) is 0 Å². The minimum Gasteiger partial charge on any atom is -0.311 e. The lowest BCUT2D eigenvalue weighted by Gasteiger charge is -2.44. The average molecular weight is 571 g/mol. The van der Waals surface area contributed by atoms with E-state index in [1.165, 1.54) is 82.8 Å². The fourth-order valence-electron chi connectivity index (χ4n) is 7.76. The van der Waals surface area contributed by atoms with Gasteiger partial charge in [0.2, 0.25) is 0 Å². The number of benzene rings is 8. The van der Waals surface area contributed by atoms with E-state index in [1.807, 2.05) is 0 Å². The summed E-state index contributed by atoms with van der Waals surface area (Å²) in [6, 6.07) is 60.4. The largest absolute Gasteiger partial charge is 0.311 e. The maximum atomic E-state index is 2.50. The lowest BCUT2D eigenvalue weighted by molar-refractivity contribution is 1.26. The molecule has 2 nitrogen and oxygen atoms in total. The topological polar surface area (TPSA) is 6.48 Å². The Morgan fingerprint density at radius 1 is 0.311 bits per heavy atom. The van der Waals surface area contributed by atoms with Gasteiger partial charge >= 0.3 is 0 Å². The first-order valence-corrected chi connectivity index (χ1v) is 15.6. The Kier molecular flexibility index (Phi) is 5.12. The first-order chi connectivity index (χ1) is 22.3. The van der Waals surface area contributed by atoms with Crippen LogP contribution in [-0.2, 0) is 0 Å². The lowest BCUT2D eigenvalue weighted by atomic mass is 9.33. The summed E-state index contributed by atoms with van der Waals surface area (Å²) in [5.74, 6) is 0. The molecule has 0 N–H and O–H groups in total. The summed E-state index contributed by atoms with van der Waals surface area (Å²) in [5, 5.41) is 7.51. The van der Waals surface area contributed by atoms with Crippen LogP contribution in [0.25, 0.3) is 32.3 Å².